The summed E-state index contributed by atoms with van der Waals surface area (Å²) in [5, 5.41) is 8.86. The van der Waals surface area contributed by atoms with E-state index in [9.17, 15) is 0 Å². The van der Waals surface area contributed by atoms with Crippen molar-refractivity contribution in [2.45, 2.75) is 20.0 Å². The molecule has 1 aromatic heterocycles. The summed E-state index contributed by atoms with van der Waals surface area (Å²) < 4.78 is 0.831. The molecule has 1 aromatic carbocycles. The van der Waals surface area contributed by atoms with Gasteiger partial charge in [-0.05, 0) is 49.4 Å². The largest absolute Gasteiger partial charge is 0.297 e. The molecule has 4 heteroatoms. The minimum absolute atomic E-state index is 0.717. The Bertz CT molecular complexity index is 613. The summed E-state index contributed by atoms with van der Waals surface area (Å²) >= 11 is 7.55. The topological polar surface area (TPSA) is 27.0 Å². The molecule has 0 aliphatic carbocycles. The van der Waals surface area contributed by atoms with Crippen LogP contribution in [0.5, 0.6) is 0 Å². The number of rotatable bonds is 4. The van der Waals surface area contributed by atoms with Gasteiger partial charge in [-0.25, -0.2) is 0 Å². The van der Waals surface area contributed by atoms with Crippen molar-refractivity contribution in [3.05, 3.63) is 56.2 Å². The average Bonchev–Trinajstić information content (AvgIpc) is 2.77. The van der Waals surface area contributed by atoms with Crippen molar-refractivity contribution in [1.29, 1.82) is 5.26 Å². The molecule has 98 valence electrons. The van der Waals surface area contributed by atoms with Gasteiger partial charge in [0.15, 0.2) is 0 Å². The minimum Gasteiger partial charge on any atom is -0.297 e. The van der Waals surface area contributed by atoms with Crippen molar-refractivity contribution in [1.82, 2.24) is 4.90 Å². The zero-order valence-electron chi connectivity index (χ0n) is 11.0. The molecule has 0 fully saturated rings. The molecule has 0 aliphatic heterocycles. The van der Waals surface area contributed by atoms with Gasteiger partial charge in [0.05, 0.1) is 16.0 Å². The highest BCUT2D eigenvalue weighted by Crippen LogP contribution is 2.23. The number of hydrogen-bond acceptors (Lipinski definition) is 3. The number of hydrogen-bond donors (Lipinski definition) is 0. The van der Waals surface area contributed by atoms with Crippen LogP contribution in [-0.4, -0.2) is 11.9 Å². The predicted molar refractivity (Wildman–Crippen MR) is 80.4 cm³/mol. The fourth-order valence-electron chi connectivity index (χ4n) is 1.99. The Hall–Kier alpha value is -1.34. The zero-order chi connectivity index (χ0) is 13.8. The molecule has 0 saturated carbocycles. The minimum atomic E-state index is 0.717. The summed E-state index contributed by atoms with van der Waals surface area (Å²) in [6.45, 7) is 3.80. The quantitative estimate of drug-likeness (QED) is 0.843. The Morgan fingerprint density at radius 2 is 2.05 bits per heavy atom. The number of nitrogens with zero attached hydrogens (tertiary/aromatic N) is 2. The molecule has 0 radical (unpaired) electrons. The van der Waals surface area contributed by atoms with Crippen LogP contribution in [0, 0.1) is 18.3 Å². The van der Waals surface area contributed by atoms with Crippen molar-refractivity contribution < 1.29 is 0 Å². The van der Waals surface area contributed by atoms with E-state index in [1.165, 1.54) is 10.4 Å². The first-order chi connectivity index (χ1) is 9.08. The molecule has 0 atom stereocenters. The third-order valence-corrected chi connectivity index (χ3v) is 4.18. The average molecular weight is 291 g/mol. The van der Waals surface area contributed by atoms with E-state index in [0.29, 0.717) is 5.56 Å². The first kappa shape index (κ1) is 14.1. The molecular formula is C15H15ClN2S. The van der Waals surface area contributed by atoms with Gasteiger partial charge in [-0.2, -0.15) is 5.26 Å². The van der Waals surface area contributed by atoms with Crippen molar-refractivity contribution in [3.63, 3.8) is 0 Å². The summed E-state index contributed by atoms with van der Waals surface area (Å²) in [5.41, 5.74) is 3.13. The van der Waals surface area contributed by atoms with Crippen LogP contribution in [0.1, 0.15) is 21.6 Å². The van der Waals surface area contributed by atoms with E-state index in [0.717, 1.165) is 23.0 Å². The van der Waals surface area contributed by atoms with Crippen molar-refractivity contribution in [3.8, 4) is 6.07 Å². The number of benzene rings is 1. The predicted octanol–water partition coefficient (Wildman–Crippen LogP) is 4.21. The maximum atomic E-state index is 8.86. The van der Waals surface area contributed by atoms with Crippen LogP contribution in [-0.2, 0) is 13.1 Å². The lowest BCUT2D eigenvalue weighted by Crippen LogP contribution is -2.17. The van der Waals surface area contributed by atoms with E-state index >= 15 is 0 Å². The van der Waals surface area contributed by atoms with E-state index in [1.807, 2.05) is 31.2 Å². The summed E-state index contributed by atoms with van der Waals surface area (Å²) in [7, 11) is 2.09. The SMILES string of the molecule is Cc1cc(C#N)ccc1CN(C)Cc1ccc(Cl)s1. The highest BCUT2D eigenvalue weighted by molar-refractivity contribution is 7.16. The number of nitriles is 1. The van der Waals surface area contributed by atoms with Crippen LogP contribution in [0.3, 0.4) is 0 Å². The summed E-state index contributed by atoms with van der Waals surface area (Å²) in [6.07, 6.45) is 0. The maximum Gasteiger partial charge on any atom is 0.0991 e. The molecule has 0 aliphatic rings. The molecule has 0 spiro atoms. The van der Waals surface area contributed by atoms with Gasteiger partial charge in [0, 0.05) is 18.0 Å². The second-order valence-corrected chi connectivity index (χ2v) is 6.43. The Balaban J connectivity index is 2.03. The monoisotopic (exact) mass is 290 g/mol. The molecule has 19 heavy (non-hydrogen) atoms. The second-order valence-electron chi connectivity index (χ2n) is 4.63. The van der Waals surface area contributed by atoms with Crippen LogP contribution < -0.4 is 0 Å². The first-order valence-corrected chi connectivity index (χ1v) is 7.20. The van der Waals surface area contributed by atoms with Gasteiger partial charge in [-0.3, -0.25) is 4.90 Å². The van der Waals surface area contributed by atoms with Gasteiger partial charge in [0.25, 0.3) is 0 Å². The fourth-order valence-corrected chi connectivity index (χ4v) is 3.16. The second kappa shape index (κ2) is 6.21. The number of aryl methyl sites for hydroxylation is 1. The molecule has 2 nitrogen and oxygen atoms in total. The molecule has 0 bridgehead atoms. The number of halogens is 1. The van der Waals surface area contributed by atoms with Crippen LogP contribution in [0.15, 0.2) is 30.3 Å². The zero-order valence-corrected chi connectivity index (χ0v) is 12.6. The molecule has 2 aromatic rings. The van der Waals surface area contributed by atoms with Crippen molar-refractivity contribution in [2.75, 3.05) is 7.05 Å². The van der Waals surface area contributed by atoms with Gasteiger partial charge >= 0.3 is 0 Å². The summed E-state index contributed by atoms with van der Waals surface area (Å²) in [6, 6.07) is 12.0. The molecule has 0 unspecified atom stereocenters. The van der Waals surface area contributed by atoms with Gasteiger partial charge in [0.1, 0.15) is 0 Å². The highest BCUT2D eigenvalue weighted by Gasteiger charge is 2.06. The molecule has 0 saturated heterocycles. The van der Waals surface area contributed by atoms with E-state index in [2.05, 4.69) is 24.1 Å². The number of thiophene rings is 1. The molecule has 0 N–H and O–H groups in total. The molecule has 1 heterocycles. The van der Waals surface area contributed by atoms with E-state index < -0.39 is 0 Å². The van der Waals surface area contributed by atoms with Crippen LogP contribution in [0.4, 0.5) is 0 Å². The Morgan fingerprint density at radius 3 is 2.63 bits per heavy atom. The van der Waals surface area contributed by atoms with Gasteiger partial charge in [-0.1, -0.05) is 17.7 Å². The Kier molecular flexibility index (Phi) is 4.60. The standard InChI is InChI=1S/C15H15ClN2S/c1-11-7-12(8-17)3-4-13(11)9-18(2)10-14-5-6-15(16)19-14/h3-7H,9-10H2,1-2H3. The van der Waals surface area contributed by atoms with Crippen LogP contribution in [0.2, 0.25) is 4.34 Å². The van der Waals surface area contributed by atoms with E-state index in [4.69, 9.17) is 16.9 Å². The van der Waals surface area contributed by atoms with Gasteiger partial charge in [0.2, 0.25) is 0 Å². The molecular weight excluding hydrogens is 276 g/mol. The maximum absolute atomic E-state index is 8.86. The van der Waals surface area contributed by atoms with Crippen LogP contribution in [0.25, 0.3) is 0 Å². The lowest BCUT2D eigenvalue weighted by molar-refractivity contribution is 0.321. The normalized spacial score (nSPS) is 10.7. The summed E-state index contributed by atoms with van der Waals surface area (Å²) in [5.74, 6) is 0. The molecule has 2 rings (SSSR count). The lowest BCUT2D eigenvalue weighted by Gasteiger charge is -2.17. The summed E-state index contributed by atoms with van der Waals surface area (Å²) in [4.78, 5) is 3.51. The van der Waals surface area contributed by atoms with E-state index in [-0.39, 0.29) is 0 Å². The Labute approximate surface area is 122 Å². The fraction of sp³-hybridized carbons (Fsp3) is 0.267. The van der Waals surface area contributed by atoms with Crippen LogP contribution >= 0.6 is 22.9 Å². The van der Waals surface area contributed by atoms with Gasteiger partial charge in [-0.15, -0.1) is 11.3 Å². The lowest BCUT2D eigenvalue weighted by atomic mass is 10.1. The van der Waals surface area contributed by atoms with Gasteiger partial charge < -0.3 is 0 Å². The third kappa shape index (κ3) is 3.81. The van der Waals surface area contributed by atoms with Crippen molar-refractivity contribution >= 4 is 22.9 Å². The molecule has 0 amide bonds. The van der Waals surface area contributed by atoms with E-state index in [1.54, 1.807) is 11.3 Å². The van der Waals surface area contributed by atoms with Crippen molar-refractivity contribution in [2.24, 2.45) is 0 Å². The third-order valence-electron chi connectivity index (χ3n) is 2.97. The smallest absolute Gasteiger partial charge is 0.0991 e. The Morgan fingerprint density at radius 1 is 1.26 bits per heavy atom. The first-order valence-electron chi connectivity index (χ1n) is 6.01. The highest BCUT2D eigenvalue weighted by atomic mass is 35.5.